The van der Waals surface area contributed by atoms with E-state index in [9.17, 15) is 4.79 Å². The first-order valence-electron chi connectivity index (χ1n) is 6.05. The Balaban J connectivity index is 1.79. The molecule has 0 saturated heterocycles. The number of nitrogens with one attached hydrogen (secondary N) is 2. The van der Waals surface area contributed by atoms with E-state index in [4.69, 9.17) is 4.74 Å². The lowest BCUT2D eigenvalue weighted by molar-refractivity contribution is -0.121. The third kappa shape index (κ3) is 3.51. The summed E-state index contributed by atoms with van der Waals surface area (Å²) in [5.74, 6) is -0.0644. The summed E-state index contributed by atoms with van der Waals surface area (Å²) >= 11 is 0. The molecule has 1 atom stereocenters. The fourth-order valence-corrected chi connectivity index (χ4v) is 1.73. The van der Waals surface area contributed by atoms with Gasteiger partial charge in [0.2, 0.25) is 5.91 Å². The second-order valence-electron chi connectivity index (χ2n) is 4.19. The van der Waals surface area contributed by atoms with Gasteiger partial charge < -0.3 is 15.4 Å². The Morgan fingerprint density at radius 1 is 1.67 bits per heavy atom. The molecule has 98 valence electrons. The monoisotopic (exact) mass is 250 g/mol. The molecule has 1 aliphatic heterocycles. The highest BCUT2D eigenvalue weighted by Gasteiger charge is 2.11. The topological polar surface area (TPSA) is 68.2 Å². The predicted octanol–water partition coefficient (Wildman–Crippen LogP) is 0.734. The molecular formula is C12H18N4O2. The highest BCUT2D eigenvalue weighted by atomic mass is 16.5. The van der Waals surface area contributed by atoms with Crippen LogP contribution in [0.3, 0.4) is 0 Å². The molecule has 18 heavy (non-hydrogen) atoms. The van der Waals surface area contributed by atoms with Crippen LogP contribution in [0.25, 0.3) is 0 Å². The van der Waals surface area contributed by atoms with Crippen molar-refractivity contribution in [2.24, 2.45) is 0 Å². The minimum atomic E-state index is -0.0644. The lowest BCUT2D eigenvalue weighted by atomic mass is 10.1. The van der Waals surface area contributed by atoms with E-state index in [1.807, 2.05) is 12.3 Å². The summed E-state index contributed by atoms with van der Waals surface area (Å²) in [4.78, 5) is 11.2. The van der Waals surface area contributed by atoms with Gasteiger partial charge in [0.05, 0.1) is 24.7 Å². The average Bonchev–Trinajstić information content (AvgIpc) is 2.85. The maximum absolute atomic E-state index is 11.2. The molecule has 0 aliphatic carbocycles. The second-order valence-corrected chi connectivity index (χ2v) is 4.19. The van der Waals surface area contributed by atoms with Gasteiger partial charge in [-0.05, 0) is 18.9 Å². The Morgan fingerprint density at radius 3 is 3.28 bits per heavy atom. The molecule has 0 radical (unpaired) electrons. The molecule has 1 aromatic heterocycles. The van der Waals surface area contributed by atoms with Gasteiger partial charge in [0.1, 0.15) is 12.6 Å². The molecule has 2 N–H and O–H groups in total. The maximum atomic E-state index is 11.2. The fraction of sp³-hybridized carbons (Fsp3) is 0.500. The van der Waals surface area contributed by atoms with Crippen molar-refractivity contribution in [1.82, 2.24) is 15.1 Å². The summed E-state index contributed by atoms with van der Waals surface area (Å²) in [6.45, 7) is 0.983. The maximum Gasteiger partial charge on any atom is 0.241 e. The molecule has 0 spiro atoms. The van der Waals surface area contributed by atoms with Crippen molar-refractivity contribution in [3.8, 4) is 0 Å². The van der Waals surface area contributed by atoms with Crippen LogP contribution in [0.5, 0.6) is 0 Å². The summed E-state index contributed by atoms with van der Waals surface area (Å²) in [7, 11) is 1.61. The van der Waals surface area contributed by atoms with Gasteiger partial charge >= 0.3 is 0 Å². The van der Waals surface area contributed by atoms with Gasteiger partial charge in [0, 0.05) is 13.2 Å². The molecule has 6 nitrogen and oxygen atoms in total. The van der Waals surface area contributed by atoms with Gasteiger partial charge in [0.15, 0.2) is 0 Å². The molecule has 1 aliphatic rings. The van der Waals surface area contributed by atoms with Crippen molar-refractivity contribution in [1.29, 1.82) is 0 Å². The molecule has 0 bridgehead atoms. The first-order valence-corrected chi connectivity index (χ1v) is 6.05. The number of carbonyl (C=O) groups excluding carboxylic acids is 1. The van der Waals surface area contributed by atoms with E-state index in [2.05, 4.69) is 15.7 Å². The van der Waals surface area contributed by atoms with E-state index in [1.165, 1.54) is 0 Å². The quantitative estimate of drug-likeness (QED) is 0.808. The Hall–Kier alpha value is -1.98. The van der Waals surface area contributed by atoms with Gasteiger partial charge in [-0.1, -0.05) is 0 Å². The minimum Gasteiger partial charge on any atom is -0.497 e. The zero-order valence-corrected chi connectivity index (χ0v) is 10.4. The zero-order valence-electron chi connectivity index (χ0n) is 10.4. The van der Waals surface area contributed by atoms with Crippen LogP contribution < -0.4 is 10.6 Å². The number of hydrogen-bond donors (Lipinski definition) is 2. The van der Waals surface area contributed by atoms with Crippen LogP contribution in [-0.2, 0) is 16.1 Å². The third-order valence-corrected chi connectivity index (χ3v) is 2.77. The van der Waals surface area contributed by atoms with Gasteiger partial charge in [-0.25, -0.2) is 0 Å². The van der Waals surface area contributed by atoms with E-state index in [-0.39, 0.29) is 18.6 Å². The van der Waals surface area contributed by atoms with Gasteiger partial charge in [0.25, 0.3) is 0 Å². The van der Waals surface area contributed by atoms with Crippen LogP contribution >= 0.6 is 0 Å². The summed E-state index contributed by atoms with van der Waals surface area (Å²) < 4.78 is 7.05. The molecule has 6 heteroatoms. The number of hydrogen-bond acceptors (Lipinski definition) is 4. The standard InChI is InChI=1S/C12H18N4O2/c1-13-12(17)9-16-8-10(6-15-16)14-7-11-4-2-3-5-18-11/h3,5-6,8,11,14H,2,4,7,9H2,1H3,(H,13,17). The number of likely N-dealkylation sites (N-methyl/N-ethyl adjacent to an activating group) is 1. The number of nitrogens with zero attached hydrogens (tertiary/aromatic N) is 2. The highest BCUT2D eigenvalue weighted by molar-refractivity contribution is 5.75. The van der Waals surface area contributed by atoms with Crippen LogP contribution in [0.2, 0.25) is 0 Å². The predicted molar refractivity (Wildman–Crippen MR) is 68.0 cm³/mol. The molecule has 0 fully saturated rings. The lowest BCUT2D eigenvalue weighted by Crippen LogP contribution is -2.24. The molecule has 0 aromatic carbocycles. The Morgan fingerprint density at radius 2 is 2.56 bits per heavy atom. The van der Waals surface area contributed by atoms with E-state index >= 15 is 0 Å². The zero-order chi connectivity index (χ0) is 12.8. The van der Waals surface area contributed by atoms with Gasteiger partial charge in [-0.15, -0.1) is 0 Å². The van der Waals surface area contributed by atoms with Crippen LogP contribution in [0.1, 0.15) is 12.8 Å². The number of allylic oxidation sites excluding steroid dienone is 1. The number of aromatic nitrogens is 2. The Kier molecular flexibility index (Phi) is 4.22. The van der Waals surface area contributed by atoms with Crippen molar-refractivity contribution in [3.05, 3.63) is 24.7 Å². The van der Waals surface area contributed by atoms with Crippen LogP contribution in [0.4, 0.5) is 5.69 Å². The number of rotatable bonds is 5. The summed E-state index contributed by atoms with van der Waals surface area (Å²) in [5.41, 5.74) is 0.900. The molecule has 2 heterocycles. The van der Waals surface area contributed by atoms with Crippen molar-refractivity contribution in [2.45, 2.75) is 25.5 Å². The minimum absolute atomic E-state index is 0.0644. The Labute approximate surface area is 106 Å². The highest BCUT2D eigenvalue weighted by Crippen LogP contribution is 2.12. The van der Waals surface area contributed by atoms with E-state index < -0.39 is 0 Å². The summed E-state index contributed by atoms with van der Waals surface area (Å²) in [6.07, 6.45) is 9.59. The van der Waals surface area contributed by atoms with Crippen molar-refractivity contribution in [2.75, 3.05) is 18.9 Å². The summed E-state index contributed by atoms with van der Waals surface area (Å²) in [6, 6.07) is 0. The Bertz CT molecular complexity index is 427. The molecule has 1 aromatic rings. The average molecular weight is 250 g/mol. The molecule has 0 saturated carbocycles. The number of carbonyl (C=O) groups is 1. The van der Waals surface area contributed by atoms with Crippen LogP contribution in [0, 0.1) is 0 Å². The number of anilines is 1. The van der Waals surface area contributed by atoms with Gasteiger partial charge in [-0.3, -0.25) is 9.48 Å². The van der Waals surface area contributed by atoms with E-state index in [1.54, 1.807) is 24.2 Å². The largest absolute Gasteiger partial charge is 0.497 e. The van der Waals surface area contributed by atoms with E-state index in [0.29, 0.717) is 0 Å². The molecule has 1 amide bonds. The van der Waals surface area contributed by atoms with Crippen LogP contribution in [-0.4, -0.2) is 35.4 Å². The normalized spacial score (nSPS) is 18.2. The van der Waals surface area contributed by atoms with Crippen LogP contribution in [0.15, 0.2) is 24.7 Å². The van der Waals surface area contributed by atoms with Gasteiger partial charge in [-0.2, -0.15) is 5.10 Å². The molecular weight excluding hydrogens is 232 g/mol. The SMILES string of the molecule is CNC(=O)Cn1cc(NCC2CCC=CO2)cn1. The van der Waals surface area contributed by atoms with Crippen molar-refractivity contribution >= 4 is 11.6 Å². The smallest absolute Gasteiger partial charge is 0.241 e. The third-order valence-electron chi connectivity index (χ3n) is 2.77. The first kappa shape index (κ1) is 12.5. The molecule has 2 rings (SSSR count). The number of ether oxygens (including phenoxy) is 1. The second kappa shape index (κ2) is 6.09. The lowest BCUT2D eigenvalue weighted by Gasteiger charge is -2.19. The fourth-order valence-electron chi connectivity index (χ4n) is 1.73. The van der Waals surface area contributed by atoms with E-state index in [0.717, 1.165) is 25.1 Å². The van der Waals surface area contributed by atoms with Crippen molar-refractivity contribution < 1.29 is 9.53 Å². The first-order chi connectivity index (χ1) is 8.78. The number of amides is 1. The summed E-state index contributed by atoms with van der Waals surface area (Å²) in [5, 5.41) is 9.92. The molecule has 1 unspecified atom stereocenters. The van der Waals surface area contributed by atoms with Crippen molar-refractivity contribution in [3.63, 3.8) is 0 Å².